The highest BCUT2D eigenvalue weighted by Gasteiger charge is 2.32. The third-order valence-electron chi connectivity index (χ3n) is 6.77. The van der Waals surface area contributed by atoms with Crippen LogP contribution < -0.4 is 25.0 Å². The van der Waals surface area contributed by atoms with Crippen molar-refractivity contribution in [2.45, 2.75) is 18.2 Å². The van der Waals surface area contributed by atoms with Gasteiger partial charge in [-0.2, -0.15) is 0 Å². The zero-order valence-corrected chi connectivity index (χ0v) is 23.2. The van der Waals surface area contributed by atoms with Crippen LogP contribution in [-0.4, -0.2) is 86.7 Å². The van der Waals surface area contributed by atoms with Crippen LogP contribution in [0, 0.1) is 0 Å². The number of fused-ring (bicyclic) bond motifs is 1. The van der Waals surface area contributed by atoms with E-state index in [1.54, 1.807) is 19.4 Å². The minimum Gasteiger partial charge on any atom is -0.495 e. The van der Waals surface area contributed by atoms with E-state index in [0.717, 1.165) is 5.39 Å². The number of hydrogen-bond acceptors (Lipinski definition) is 10. The molecule has 39 heavy (non-hydrogen) atoms. The fourth-order valence-corrected chi connectivity index (χ4v) is 5.23. The van der Waals surface area contributed by atoms with Crippen molar-refractivity contribution in [2.24, 2.45) is 0 Å². The number of methoxy groups -OCH3 is 3. The number of halogens is 2. The Morgan fingerprint density at radius 2 is 1.79 bits per heavy atom. The predicted molar refractivity (Wildman–Crippen MR) is 149 cm³/mol. The van der Waals surface area contributed by atoms with Gasteiger partial charge in [0.25, 0.3) is 0 Å². The molecule has 2 saturated heterocycles. The smallest absolute Gasteiger partial charge is 0.243 e. The second-order valence-corrected chi connectivity index (χ2v) is 9.87. The maximum absolute atomic E-state index is 11.8. The van der Waals surface area contributed by atoms with Crippen LogP contribution in [0.1, 0.15) is 0 Å². The Morgan fingerprint density at radius 1 is 1.10 bits per heavy atom. The maximum Gasteiger partial charge on any atom is 0.243 e. The number of ether oxygens (including phenoxy) is 4. The van der Waals surface area contributed by atoms with Crippen LogP contribution in [0.15, 0.2) is 31.0 Å². The zero-order chi connectivity index (χ0) is 27.7. The summed E-state index contributed by atoms with van der Waals surface area (Å²) >= 11 is 13.4. The molecule has 0 saturated carbocycles. The fourth-order valence-electron chi connectivity index (χ4n) is 4.56. The van der Waals surface area contributed by atoms with Crippen molar-refractivity contribution in [1.82, 2.24) is 20.3 Å². The first-order valence-electron chi connectivity index (χ1n) is 12.2. The fraction of sp³-hybridized carbons (Fsp3) is 0.385. The van der Waals surface area contributed by atoms with Gasteiger partial charge >= 0.3 is 0 Å². The Balaban J connectivity index is 1.57. The second kappa shape index (κ2) is 11.4. The van der Waals surface area contributed by atoms with Gasteiger partial charge in [0, 0.05) is 31.7 Å². The van der Waals surface area contributed by atoms with Crippen molar-refractivity contribution in [2.75, 3.05) is 57.8 Å². The molecule has 2 aromatic heterocycles. The SMILES string of the molecule is C=CC(=O)N[C@H]1COC[C@H]1Nc1cc2c(N3CC(OC)C3)nc(-c3c(Cl)c(OC)cc(OC)c3Cl)nc2cn1. The molecule has 0 aliphatic carbocycles. The number of aromatic nitrogens is 3. The molecule has 1 amide bonds. The average molecular weight is 575 g/mol. The number of anilines is 2. The summed E-state index contributed by atoms with van der Waals surface area (Å²) in [5.74, 6) is 2.10. The second-order valence-electron chi connectivity index (χ2n) is 9.11. The van der Waals surface area contributed by atoms with E-state index < -0.39 is 0 Å². The summed E-state index contributed by atoms with van der Waals surface area (Å²) in [7, 11) is 4.71. The van der Waals surface area contributed by atoms with Crippen LogP contribution in [0.25, 0.3) is 22.3 Å². The molecule has 0 unspecified atom stereocenters. The van der Waals surface area contributed by atoms with E-state index in [4.69, 9.17) is 52.1 Å². The Hall–Kier alpha value is -3.38. The standard InChI is InChI=1S/C26H28Cl2N6O5/c1-5-21(35)31-17-12-39-11-16(17)30-20-6-14-15(8-29-20)32-25(33-26(14)34-9-13(10-34)36-2)22-23(27)18(37-3)7-19(38-4)24(22)28/h5-8,13,16-17H,1,9-12H2,2-4H3,(H,29,30)(H,31,35)/t16-,17+/m1/s1. The third kappa shape index (κ3) is 5.27. The number of nitrogens with zero attached hydrogens (tertiary/aromatic N) is 4. The van der Waals surface area contributed by atoms with Gasteiger partial charge in [0.15, 0.2) is 5.82 Å². The lowest BCUT2D eigenvalue weighted by Crippen LogP contribution is -2.52. The number of hydrogen-bond donors (Lipinski definition) is 2. The van der Waals surface area contributed by atoms with Crippen LogP contribution in [-0.2, 0) is 14.3 Å². The molecule has 206 valence electrons. The minimum absolute atomic E-state index is 0.0897. The van der Waals surface area contributed by atoms with Crippen LogP contribution in [0.3, 0.4) is 0 Å². The molecular formula is C26H28Cl2N6O5. The van der Waals surface area contributed by atoms with Gasteiger partial charge in [-0.3, -0.25) is 4.79 Å². The lowest BCUT2D eigenvalue weighted by atomic mass is 10.1. The van der Waals surface area contributed by atoms with Crippen LogP contribution in [0.5, 0.6) is 11.5 Å². The van der Waals surface area contributed by atoms with Gasteiger partial charge in [-0.05, 0) is 12.1 Å². The average Bonchev–Trinajstić information content (AvgIpc) is 3.34. The zero-order valence-electron chi connectivity index (χ0n) is 21.7. The van der Waals surface area contributed by atoms with Gasteiger partial charge in [0.05, 0.1) is 72.9 Å². The van der Waals surface area contributed by atoms with Crippen molar-refractivity contribution in [3.05, 3.63) is 41.0 Å². The molecule has 0 spiro atoms. The number of rotatable bonds is 9. The van der Waals surface area contributed by atoms with Crippen molar-refractivity contribution in [3.8, 4) is 22.9 Å². The first-order chi connectivity index (χ1) is 18.9. The molecular weight excluding hydrogens is 547 g/mol. The quantitative estimate of drug-likeness (QED) is 0.368. The van der Waals surface area contributed by atoms with Crippen molar-refractivity contribution >= 4 is 51.6 Å². The molecule has 2 aliphatic heterocycles. The van der Waals surface area contributed by atoms with Crippen LogP contribution >= 0.6 is 23.2 Å². The molecule has 4 heterocycles. The Kier molecular flexibility index (Phi) is 7.94. The molecule has 2 aliphatic rings. The summed E-state index contributed by atoms with van der Waals surface area (Å²) in [5, 5.41) is 7.57. The largest absolute Gasteiger partial charge is 0.495 e. The topological polar surface area (TPSA) is 120 Å². The van der Waals surface area contributed by atoms with Gasteiger partial charge < -0.3 is 34.5 Å². The van der Waals surface area contributed by atoms with Crippen LogP contribution in [0.4, 0.5) is 11.6 Å². The summed E-state index contributed by atoms with van der Waals surface area (Å²) in [6.45, 7) is 5.63. The van der Waals surface area contributed by atoms with Crippen molar-refractivity contribution < 1.29 is 23.7 Å². The summed E-state index contributed by atoms with van der Waals surface area (Å²) in [5.41, 5.74) is 0.988. The molecule has 11 nitrogen and oxygen atoms in total. The van der Waals surface area contributed by atoms with Crippen molar-refractivity contribution in [1.29, 1.82) is 0 Å². The van der Waals surface area contributed by atoms with E-state index in [-0.39, 0.29) is 34.1 Å². The van der Waals surface area contributed by atoms with E-state index in [0.29, 0.717) is 66.3 Å². The molecule has 0 bridgehead atoms. The normalized spacial score (nSPS) is 19.1. The lowest BCUT2D eigenvalue weighted by molar-refractivity contribution is -0.117. The van der Waals surface area contributed by atoms with E-state index in [1.807, 2.05) is 6.07 Å². The van der Waals surface area contributed by atoms with Gasteiger partial charge in [-0.1, -0.05) is 29.8 Å². The highest BCUT2D eigenvalue weighted by molar-refractivity contribution is 6.41. The van der Waals surface area contributed by atoms with Gasteiger partial charge in [0.1, 0.15) is 23.1 Å². The summed E-state index contributed by atoms with van der Waals surface area (Å²) in [6.07, 6.45) is 2.99. The first-order valence-corrected chi connectivity index (χ1v) is 13.0. The first kappa shape index (κ1) is 27.2. The Morgan fingerprint density at radius 3 is 2.44 bits per heavy atom. The molecule has 3 aromatic rings. The molecule has 2 N–H and O–H groups in total. The van der Waals surface area contributed by atoms with E-state index >= 15 is 0 Å². The van der Waals surface area contributed by atoms with Crippen LogP contribution in [0.2, 0.25) is 10.0 Å². The lowest BCUT2D eigenvalue weighted by Gasteiger charge is -2.39. The minimum atomic E-state index is -0.260. The van der Waals surface area contributed by atoms with Gasteiger partial charge in [0.2, 0.25) is 5.91 Å². The summed E-state index contributed by atoms with van der Waals surface area (Å²) < 4.78 is 21.9. The summed E-state index contributed by atoms with van der Waals surface area (Å²) in [6, 6.07) is 3.10. The predicted octanol–water partition coefficient (Wildman–Crippen LogP) is 3.33. The Bertz CT molecular complexity index is 1390. The van der Waals surface area contributed by atoms with Crippen molar-refractivity contribution in [3.63, 3.8) is 0 Å². The number of carbonyl (C=O) groups excluding carboxylic acids is 1. The summed E-state index contributed by atoms with van der Waals surface area (Å²) in [4.78, 5) is 28.2. The Labute approximate surface area is 235 Å². The monoisotopic (exact) mass is 574 g/mol. The number of amides is 1. The molecule has 2 fully saturated rings. The van der Waals surface area contributed by atoms with E-state index in [9.17, 15) is 4.79 Å². The van der Waals surface area contributed by atoms with Gasteiger partial charge in [-0.25, -0.2) is 15.0 Å². The highest BCUT2D eigenvalue weighted by Crippen LogP contribution is 2.46. The molecule has 13 heteroatoms. The molecule has 1 aromatic carbocycles. The molecule has 0 radical (unpaired) electrons. The maximum atomic E-state index is 11.8. The van der Waals surface area contributed by atoms with Gasteiger partial charge in [-0.15, -0.1) is 0 Å². The number of carbonyl (C=O) groups is 1. The number of nitrogens with one attached hydrogen (secondary N) is 2. The number of pyridine rings is 1. The third-order valence-corrected chi connectivity index (χ3v) is 7.52. The van der Waals surface area contributed by atoms with E-state index in [2.05, 4.69) is 27.1 Å². The van der Waals surface area contributed by atoms with E-state index in [1.165, 1.54) is 20.3 Å². The number of benzene rings is 1. The molecule has 2 atom stereocenters. The molecule has 5 rings (SSSR count). The highest BCUT2D eigenvalue weighted by atomic mass is 35.5.